The van der Waals surface area contributed by atoms with Crippen LogP contribution in [0.3, 0.4) is 0 Å². The van der Waals surface area contributed by atoms with E-state index in [0.29, 0.717) is 6.54 Å². The fraction of sp³-hybridized carbons (Fsp3) is 0.250. The van der Waals surface area contributed by atoms with E-state index in [-0.39, 0.29) is 5.91 Å². The second-order valence-electron chi connectivity index (χ2n) is 8.01. The zero-order valence-electron chi connectivity index (χ0n) is 17.5. The minimum absolute atomic E-state index is 0.0417. The van der Waals surface area contributed by atoms with E-state index in [1.54, 1.807) is 11.3 Å². The van der Waals surface area contributed by atoms with Gasteiger partial charge in [-0.25, -0.2) is 4.98 Å². The predicted molar refractivity (Wildman–Crippen MR) is 127 cm³/mol. The number of likely N-dealkylation sites (N-methyl/N-ethyl adjacent to an activating group) is 1. The van der Waals surface area contributed by atoms with Crippen LogP contribution in [0, 0.1) is 0 Å². The van der Waals surface area contributed by atoms with E-state index in [1.165, 1.54) is 0 Å². The first-order valence-corrected chi connectivity index (χ1v) is 11.4. The van der Waals surface area contributed by atoms with Gasteiger partial charge in [-0.15, -0.1) is 11.3 Å². The number of para-hydroxylation sites is 2. The second-order valence-corrected chi connectivity index (χ2v) is 8.92. The number of anilines is 1. The number of thiophene rings is 1. The molecule has 2 N–H and O–H groups in total. The summed E-state index contributed by atoms with van der Waals surface area (Å²) in [6, 6.07) is 18.3. The fourth-order valence-corrected chi connectivity index (χ4v) is 4.70. The van der Waals surface area contributed by atoms with Crippen molar-refractivity contribution in [1.29, 1.82) is 0 Å². The van der Waals surface area contributed by atoms with Crippen molar-refractivity contribution in [2.24, 2.45) is 0 Å². The van der Waals surface area contributed by atoms with E-state index in [2.05, 4.69) is 55.7 Å². The summed E-state index contributed by atoms with van der Waals surface area (Å²) < 4.78 is 0. The van der Waals surface area contributed by atoms with Crippen molar-refractivity contribution in [2.45, 2.75) is 0 Å². The lowest BCUT2D eigenvalue weighted by molar-refractivity contribution is -0.117. The first kappa shape index (κ1) is 19.9. The van der Waals surface area contributed by atoms with Crippen molar-refractivity contribution < 1.29 is 4.79 Å². The Morgan fingerprint density at radius 3 is 2.61 bits per heavy atom. The van der Waals surface area contributed by atoms with Gasteiger partial charge in [-0.1, -0.05) is 24.3 Å². The molecule has 5 rings (SSSR count). The molecule has 0 unspecified atom stereocenters. The fourth-order valence-electron chi connectivity index (χ4n) is 3.84. The average Bonchev–Trinajstić information content (AvgIpc) is 3.43. The highest BCUT2D eigenvalue weighted by molar-refractivity contribution is 7.13. The van der Waals surface area contributed by atoms with Gasteiger partial charge < -0.3 is 15.2 Å². The number of aromatic nitrogens is 2. The molecule has 0 saturated carbocycles. The van der Waals surface area contributed by atoms with E-state index < -0.39 is 0 Å². The van der Waals surface area contributed by atoms with Crippen molar-refractivity contribution in [3.63, 3.8) is 0 Å². The van der Waals surface area contributed by atoms with Gasteiger partial charge in [0.2, 0.25) is 5.91 Å². The Labute approximate surface area is 185 Å². The smallest absolute Gasteiger partial charge is 0.238 e. The number of H-pyrrole nitrogens is 1. The number of nitrogens with one attached hydrogen (secondary N) is 2. The molecule has 7 heteroatoms. The van der Waals surface area contributed by atoms with Gasteiger partial charge in [0.05, 0.1) is 22.5 Å². The molecule has 2 aromatic carbocycles. The van der Waals surface area contributed by atoms with Gasteiger partial charge in [-0.3, -0.25) is 9.69 Å². The third-order valence-electron chi connectivity index (χ3n) is 5.69. The van der Waals surface area contributed by atoms with E-state index in [9.17, 15) is 4.79 Å². The third-order valence-corrected chi connectivity index (χ3v) is 6.62. The number of aromatic amines is 1. The molecular weight excluding hydrogens is 406 g/mol. The Balaban J connectivity index is 1.23. The van der Waals surface area contributed by atoms with Crippen LogP contribution in [0.4, 0.5) is 5.69 Å². The van der Waals surface area contributed by atoms with Crippen LogP contribution >= 0.6 is 11.3 Å². The molecule has 6 nitrogen and oxygen atoms in total. The van der Waals surface area contributed by atoms with Crippen molar-refractivity contribution in [3.8, 4) is 21.8 Å². The molecule has 2 aromatic heterocycles. The number of rotatable bonds is 5. The zero-order valence-corrected chi connectivity index (χ0v) is 18.3. The molecule has 1 fully saturated rings. The van der Waals surface area contributed by atoms with Crippen molar-refractivity contribution in [2.75, 3.05) is 45.1 Å². The minimum atomic E-state index is 0.0417. The summed E-state index contributed by atoms with van der Waals surface area (Å²) in [6.45, 7) is 4.35. The zero-order chi connectivity index (χ0) is 21.2. The summed E-state index contributed by atoms with van der Waals surface area (Å²) >= 11 is 1.67. The number of benzene rings is 2. The molecule has 1 amide bonds. The number of hydrogen-bond acceptors (Lipinski definition) is 5. The highest BCUT2D eigenvalue weighted by Crippen LogP contribution is 2.32. The largest absolute Gasteiger partial charge is 0.337 e. The Hall–Kier alpha value is -3.00. The molecule has 3 heterocycles. The van der Waals surface area contributed by atoms with Crippen LogP contribution in [0.15, 0.2) is 60.0 Å². The molecule has 158 valence electrons. The molecular formula is C24H25N5OS. The Morgan fingerprint density at radius 2 is 1.84 bits per heavy atom. The molecule has 0 radical (unpaired) electrons. The lowest BCUT2D eigenvalue weighted by Crippen LogP contribution is -2.47. The maximum absolute atomic E-state index is 12.4. The van der Waals surface area contributed by atoms with Gasteiger partial charge in [-0.05, 0) is 53.9 Å². The number of carbonyl (C=O) groups is 1. The summed E-state index contributed by atoms with van der Waals surface area (Å²) in [5.74, 6) is 0.935. The van der Waals surface area contributed by atoms with Crippen LogP contribution in [-0.4, -0.2) is 65.4 Å². The maximum Gasteiger partial charge on any atom is 0.238 e. The number of amides is 1. The number of nitrogens with zero attached hydrogens (tertiary/aromatic N) is 3. The van der Waals surface area contributed by atoms with Crippen LogP contribution in [0.5, 0.6) is 0 Å². The van der Waals surface area contributed by atoms with Gasteiger partial charge in [0.1, 0.15) is 5.82 Å². The Bertz CT molecular complexity index is 1160. The number of fused-ring (bicyclic) bond motifs is 1. The number of carbonyl (C=O) groups excluding carboxylic acids is 1. The van der Waals surface area contributed by atoms with Crippen LogP contribution in [-0.2, 0) is 4.79 Å². The molecule has 1 aliphatic heterocycles. The van der Waals surface area contributed by atoms with Crippen LogP contribution in [0.2, 0.25) is 0 Å². The van der Waals surface area contributed by atoms with Gasteiger partial charge in [-0.2, -0.15) is 0 Å². The van der Waals surface area contributed by atoms with Gasteiger partial charge in [0, 0.05) is 31.9 Å². The van der Waals surface area contributed by atoms with Gasteiger partial charge in [0.15, 0.2) is 0 Å². The first-order chi connectivity index (χ1) is 15.1. The third kappa shape index (κ3) is 4.54. The highest BCUT2D eigenvalue weighted by atomic mass is 32.1. The molecule has 31 heavy (non-hydrogen) atoms. The molecule has 0 spiro atoms. The van der Waals surface area contributed by atoms with Gasteiger partial charge in [0.25, 0.3) is 0 Å². The molecule has 0 bridgehead atoms. The summed E-state index contributed by atoms with van der Waals surface area (Å²) in [5.41, 5.74) is 5.12. The highest BCUT2D eigenvalue weighted by Gasteiger charge is 2.16. The average molecular weight is 432 g/mol. The van der Waals surface area contributed by atoms with Crippen molar-refractivity contribution >= 4 is 34.0 Å². The maximum atomic E-state index is 12.4. The summed E-state index contributed by atoms with van der Waals surface area (Å²) in [5, 5.41) is 5.16. The SMILES string of the molecule is CN1CCN(CC(=O)Nc2ccc(-c3csc(-c4nc5ccccc5[nH]4)c3)cc2)CC1. The van der Waals surface area contributed by atoms with Crippen LogP contribution in [0.1, 0.15) is 0 Å². The molecule has 1 saturated heterocycles. The summed E-state index contributed by atoms with van der Waals surface area (Å²) in [4.78, 5) is 26.1. The quantitative estimate of drug-likeness (QED) is 0.498. The van der Waals surface area contributed by atoms with Crippen molar-refractivity contribution in [1.82, 2.24) is 19.8 Å². The summed E-state index contributed by atoms with van der Waals surface area (Å²) in [6.07, 6.45) is 0. The second kappa shape index (κ2) is 8.63. The lowest BCUT2D eigenvalue weighted by Gasteiger charge is -2.31. The predicted octanol–water partition coefficient (Wildman–Crippen LogP) is 4.14. The normalized spacial score (nSPS) is 15.4. The first-order valence-electron chi connectivity index (χ1n) is 10.5. The van der Waals surface area contributed by atoms with Crippen LogP contribution in [0.25, 0.3) is 32.9 Å². The molecule has 4 aromatic rings. The van der Waals surface area contributed by atoms with E-state index >= 15 is 0 Å². The molecule has 0 aliphatic carbocycles. The lowest BCUT2D eigenvalue weighted by atomic mass is 10.1. The summed E-state index contributed by atoms with van der Waals surface area (Å²) in [7, 11) is 2.12. The van der Waals surface area contributed by atoms with Gasteiger partial charge >= 0.3 is 0 Å². The molecule has 1 aliphatic rings. The number of piperazine rings is 1. The van der Waals surface area contributed by atoms with E-state index in [0.717, 1.165) is 64.7 Å². The minimum Gasteiger partial charge on any atom is -0.337 e. The van der Waals surface area contributed by atoms with Crippen molar-refractivity contribution in [3.05, 3.63) is 60.0 Å². The topological polar surface area (TPSA) is 64.3 Å². The number of hydrogen-bond donors (Lipinski definition) is 2. The standard InChI is InChI=1S/C24H25N5OS/c1-28-10-12-29(13-11-28)15-23(30)25-19-8-6-17(7-9-19)18-14-22(31-16-18)24-26-20-4-2-3-5-21(20)27-24/h2-9,14,16H,10-13,15H2,1H3,(H,25,30)(H,26,27). The van der Waals surface area contributed by atoms with E-state index in [1.807, 2.05) is 36.4 Å². The Kier molecular flexibility index (Phi) is 5.55. The Morgan fingerprint density at radius 1 is 1.06 bits per heavy atom. The monoisotopic (exact) mass is 431 g/mol. The molecule has 0 atom stereocenters. The van der Waals surface area contributed by atoms with E-state index in [4.69, 9.17) is 0 Å². The van der Waals surface area contributed by atoms with Crippen LogP contribution < -0.4 is 5.32 Å². The number of imidazole rings is 1.